The summed E-state index contributed by atoms with van der Waals surface area (Å²) in [4.78, 5) is 159. The van der Waals surface area contributed by atoms with E-state index in [1.54, 1.807) is 50.2 Å². The van der Waals surface area contributed by atoms with Gasteiger partial charge in [-0.1, -0.05) is 43.7 Å². The smallest absolute Gasteiger partial charge is 0.343 e. The first-order valence-electron chi connectivity index (χ1n) is 27.2. The summed E-state index contributed by atoms with van der Waals surface area (Å²) in [6, 6.07) is 8.15. The number of hydrogen-bond donors (Lipinski definition) is 9. The van der Waals surface area contributed by atoms with Gasteiger partial charge < -0.3 is 56.7 Å². The van der Waals surface area contributed by atoms with Gasteiger partial charge in [0, 0.05) is 67.1 Å². The summed E-state index contributed by atoms with van der Waals surface area (Å²) in [7, 11) is 0. The number of carbonyl (C=O) groups is 11. The Bertz CT molecular complexity index is 3400. The van der Waals surface area contributed by atoms with Crippen molar-refractivity contribution in [3.63, 3.8) is 0 Å². The zero-order valence-electron chi connectivity index (χ0n) is 45.6. The van der Waals surface area contributed by atoms with Crippen molar-refractivity contribution < 1.29 is 72.1 Å². The summed E-state index contributed by atoms with van der Waals surface area (Å²) in [5.74, 6) is -8.60. The summed E-state index contributed by atoms with van der Waals surface area (Å²) in [6.45, 7) is 1.35. The second kappa shape index (κ2) is 26.1. The molecule has 0 saturated heterocycles. The Kier molecular flexibility index (Phi) is 18.9. The number of halogens is 1. The number of ether oxygens (including phenoxy) is 1. The minimum Gasteiger partial charge on any atom is -0.481 e. The van der Waals surface area contributed by atoms with Crippen LogP contribution in [0.1, 0.15) is 110 Å². The van der Waals surface area contributed by atoms with Gasteiger partial charge in [-0.15, -0.1) is 0 Å². The van der Waals surface area contributed by atoms with Crippen LogP contribution < -0.4 is 42.8 Å². The van der Waals surface area contributed by atoms with E-state index in [1.807, 2.05) is 0 Å². The number of imide groups is 1. The largest absolute Gasteiger partial charge is 0.481 e. The molecule has 0 radical (unpaired) electrons. The van der Waals surface area contributed by atoms with Crippen LogP contribution in [0.4, 0.5) is 4.39 Å². The topological polar surface area (TPSA) is 360 Å². The van der Waals surface area contributed by atoms with Crippen molar-refractivity contribution in [1.82, 2.24) is 51.7 Å². The number of nitrogens with zero attached hydrogens (tertiary/aromatic N) is 3. The van der Waals surface area contributed by atoms with Crippen molar-refractivity contribution in [1.29, 1.82) is 0 Å². The molecule has 5 heterocycles. The van der Waals surface area contributed by atoms with Gasteiger partial charge in [0.2, 0.25) is 41.4 Å². The van der Waals surface area contributed by atoms with E-state index in [0.29, 0.717) is 76.6 Å². The molecule has 2 aromatic heterocycles. The van der Waals surface area contributed by atoms with Crippen LogP contribution in [0.3, 0.4) is 0 Å². The number of carboxylic acid groups (broad SMARTS) is 1. The number of amides is 9. The summed E-state index contributed by atoms with van der Waals surface area (Å²) in [6.07, 6.45) is 3.52. The average Bonchev–Trinajstić information content (AvgIpc) is 1.88. The molecule has 4 aliphatic rings. The summed E-state index contributed by atoms with van der Waals surface area (Å²) >= 11 is 0. The number of cyclic esters (lactones) is 1. The van der Waals surface area contributed by atoms with E-state index in [-0.39, 0.29) is 75.4 Å². The zero-order valence-corrected chi connectivity index (χ0v) is 45.6. The molecule has 3 aliphatic heterocycles. The molecule has 26 heteroatoms. The Morgan fingerprint density at radius 2 is 1.45 bits per heavy atom. The Morgan fingerprint density at radius 1 is 0.783 bits per heavy atom. The first-order chi connectivity index (χ1) is 39.7. The fourth-order valence-electron chi connectivity index (χ4n) is 10.7. The number of aryl methyl sites for hydroxylation is 1. The first-order valence-corrected chi connectivity index (χ1v) is 27.2. The molecule has 9 amide bonds. The van der Waals surface area contributed by atoms with Gasteiger partial charge in [0.25, 0.3) is 17.4 Å². The van der Waals surface area contributed by atoms with E-state index in [2.05, 4.69) is 37.2 Å². The SMILES string of the molecule is CC[C@@]1(O)C(=O)OCc2c1cc1n(c2=O)Cc2c-1nc1cc(F)c(C)c3c1c2[C@@H](NC(=O)CCCNC(=O)CNC(=O)C(Cc1ccccc1)NC(=O)CNC(=O)CNC(=O)[C@H](CC(=O)O)NC(=O)CCCCCN1C(=O)C=CC1=O)CC3. The van der Waals surface area contributed by atoms with E-state index in [9.17, 15) is 67.7 Å². The number of esters is 1. The molecule has 9 N–H and O–H groups in total. The van der Waals surface area contributed by atoms with E-state index < -0.39 is 120 Å². The van der Waals surface area contributed by atoms with Crippen LogP contribution in [0.5, 0.6) is 0 Å². The van der Waals surface area contributed by atoms with E-state index in [1.165, 1.54) is 10.6 Å². The van der Waals surface area contributed by atoms with Crippen molar-refractivity contribution in [3.05, 3.63) is 110 Å². The minimum atomic E-state index is -2.06. The van der Waals surface area contributed by atoms with Gasteiger partial charge in [-0.05, 0) is 73.8 Å². The van der Waals surface area contributed by atoms with Gasteiger partial charge in [0.05, 0.1) is 61.1 Å². The molecule has 4 aromatic rings. The fourth-order valence-corrected chi connectivity index (χ4v) is 10.7. The number of carbonyl (C=O) groups excluding carboxylic acids is 10. The van der Waals surface area contributed by atoms with Crippen molar-refractivity contribution in [2.45, 2.75) is 121 Å². The number of unbranched alkanes of at least 4 members (excludes halogenated alkanes) is 2. The van der Waals surface area contributed by atoms with Gasteiger partial charge >= 0.3 is 11.9 Å². The Morgan fingerprint density at radius 3 is 2.14 bits per heavy atom. The molecule has 2 aromatic carbocycles. The summed E-state index contributed by atoms with van der Waals surface area (Å²) in [5.41, 5.74) is 1.90. The minimum absolute atomic E-state index is 0.0146. The van der Waals surface area contributed by atoms with Crippen LogP contribution in [0.25, 0.3) is 22.3 Å². The number of nitrogens with one attached hydrogen (secondary N) is 7. The van der Waals surface area contributed by atoms with Crippen molar-refractivity contribution in [2.75, 3.05) is 32.7 Å². The fraction of sp³-hybridized carbons (Fsp3) is 0.421. The number of pyridine rings is 2. The van der Waals surface area contributed by atoms with Crippen LogP contribution in [0, 0.1) is 12.7 Å². The standard InChI is InChI=1S/C57H63FN10O15/c1-3-57(82)35-22-41-52-33(28-68(41)55(80)34(35)29-83-56(57)81)51-37(16-15-32-30(2)36(58)23-38(66-52)50(32)51)63-43(70)14-10-19-59-44(71)25-61-53(78)39(21-31-11-6-4-7-12-31)65-46(73)27-60-45(72)26-62-54(79)40(24-49(76)77)64-42(69)13-8-5-9-20-67-47(74)17-18-48(67)75/h4,6-7,11-12,17-18,22-23,37,39-40,82H,3,5,8-10,13-16,19-21,24-29H2,1-2H3,(H,59,71)(H,60,72)(H,61,78)(H,62,79)(H,63,70)(H,64,69)(H,65,73)(H,76,77)/t37-,39?,40-,57-/m0/s1. The number of fused-ring (bicyclic) bond motifs is 5. The maximum Gasteiger partial charge on any atom is 0.343 e. The highest BCUT2D eigenvalue weighted by Gasteiger charge is 2.46. The third-order valence-corrected chi connectivity index (χ3v) is 15.1. The molecule has 0 spiro atoms. The lowest BCUT2D eigenvalue weighted by Crippen LogP contribution is -2.53. The van der Waals surface area contributed by atoms with Crippen LogP contribution in [-0.2, 0) is 89.1 Å². The zero-order chi connectivity index (χ0) is 59.7. The molecule has 1 unspecified atom stereocenters. The Labute approximate surface area is 473 Å². The van der Waals surface area contributed by atoms with Crippen LogP contribution in [-0.4, -0.2) is 135 Å². The molecular formula is C57H63FN10O15. The second-order valence-electron chi connectivity index (χ2n) is 20.6. The Hall–Kier alpha value is -9.20. The highest BCUT2D eigenvalue weighted by Crippen LogP contribution is 2.46. The molecule has 4 atom stereocenters. The van der Waals surface area contributed by atoms with Gasteiger partial charge in [-0.25, -0.2) is 14.2 Å². The van der Waals surface area contributed by atoms with Crippen molar-refractivity contribution in [2.24, 2.45) is 0 Å². The summed E-state index contributed by atoms with van der Waals surface area (Å²) < 4.78 is 22.1. The van der Waals surface area contributed by atoms with Crippen LogP contribution in [0.15, 0.2) is 59.4 Å². The molecular weight excluding hydrogens is 1080 g/mol. The third kappa shape index (κ3) is 13.8. The lowest BCUT2D eigenvalue weighted by Gasteiger charge is -2.31. The van der Waals surface area contributed by atoms with Gasteiger partial charge in [0.15, 0.2) is 5.60 Å². The number of benzene rings is 2. The first kappa shape index (κ1) is 59.9. The predicted octanol–water partition coefficient (Wildman–Crippen LogP) is 0.0480. The monoisotopic (exact) mass is 1150 g/mol. The van der Waals surface area contributed by atoms with E-state index in [0.717, 1.165) is 22.6 Å². The van der Waals surface area contributed by atoms with E-state index >= 15 is 4.39 Å². The predicted molar refractivity (Wildman–Crippen MR) is 290 cm³/mol. The Balaban J connectivity index is 0.794. The number of carboxylic acids is 1. The lowest BCUT2D eigenvalue weighted by atomic mass is 9.81. The number of aromatic nitrogens is 2. The van der Waals surface area contributed by atoms with Crippen molar-refractivity contribution >= 4 is 76.0 Å². The second-order valence-corrected chi connectivity index (χ2v) is 20.6. The quantitative estimate of drug-likeness (QED) is 0.0201. The lowest BCUT2D eigenvalue weighted by molar-refractivity contribution is -0.172. The molecule has 438 valence electrons. The van der Waals surface area contributed by atoms with Gasteiger partial charge in [0.1, 0.15) is 24.5 Å². The molecule has 0 fully saturated rings. The molecule has 1 aliphatic carbocycles. The molecule has 25 nitrogen and oxygen atoms in total. The van der Waals surface area contributed by atoms with Crippen molar-refractivity contribution in [3.8, 4) is 11.4 Å². The number of rotatable bonds is 26. The highest BCUT2D eigenvalue weighted by molar-refractivity contribution is 6.12. The number of hydrogen-bond acceptors (Lipinski definition) is 15. The molecule has 83 heavy (non-hydrogen) atoms. The average molecular weight is 1150 g/mol. The highest BCUT2D eigenvalue weighted by atomic mass is 19.1. The molecule has 0 bridgehead atoms. The maximum atomic E-state index is 15.4. The van der Waals surface area contributed by atoms with E-state index in [4.69, 9.17) is 9.72 Å². The third-order valence-electron chi connectivity index (χ3n) is 15.1. The van der Waals surface area contributed by atoms with Crippen LogP contribution in [0.2, 0.25) is 0 Å². The van der Waals surface area contributed by atoms with Gasteiger partial charge in [-0.2, -0.15) is 0 Å². The molecule has 0 saturated carbocycles. The molecule has 8 rings (SSSR count). The van der Waals surface area contributed by atoms with Crippen LogP contribution >= 0.6 is 0 Å². The normalized spacial score (nSPS) is 17.1. The number of aliphatic hydroxyl groups is 1. The van der Waals surface area contributed by atoms with Gasteiger partial charge in [-0.3, -0.25) is 57.6 Å². The number of aliphatic carboxylic acids is 1. The summed E-state index contributed by atoms with van der Waals surface area (Å²) in [5, 5.41) is 39.0. The maximum absolute atomic E-state index is 15.4.